The number of carbonyl (C=O) groups is 1. The van der Waals surface area contributed by atoms with E-state index < -0.39 is 0 Å². The van der Waals surface area contributed by atoms with Gasteiger partial charge in [-0.25, -0.2) is 9.97 Å². The molecule has 0 amide bonds. The summed E-state index contributed by atoms with van der Waals surface area (Å²) in [6, 6.07) is 9.68. The highest BCUT2D eigenvalue weighted by Crippen LogP contribution is 2.17. The molecule has 1 aromatic heterocycles. The highest BCUT2D eigenvalue weighted by atomic mass is 16.1. The SMILES string of the molecule is Nc1cnc(-c2ccccc2)nc1CCC=O. The van der Waals surface area contributed by atoms with Crippen LogP contribution in [0.15, 0.2) is 36.5 Å². The Morgan fingerprint density at radius 1 is 1.24 bits per heavy atom. The molecule has 1 heterocycles. The number of nitrogens with zero attached hydrogens (tertiary/aromatic N) is 2. The Kier molecular flexibility index (Phi) is 3.45. The number of anilines is 1. The summed E-state index contributed by atoms with van der Waals surface area (Å²) in [5.41, 5.74) is 7.97. The van der Waals surface area contributed by atoms with Crippen LogP contribution in [0, 0.1) is 0 Å². The zero-order valence-corrected chi connectivity index (χ0v) is 9.34. The predicted octanol–water partition coefficient (Wildman–Crippen LogP) is 1.86. The molecule has 17 heavy (non-hydrogen) atoms. The van der Waals surface area contributed by atoms with Crippen molar-refractivity contribution in [2.45, 2.75) is 12.8 Å². The van der Waals surface area contributed by atoms with Gasteiger partial charge in [0.15, 0.2) is 5.82 Å². The lowest BCUT2D eigenvalue weighted by Gasteiger charge is -2.05. The maximum Gasteiger partial charge on any atom is 0.159 e. The Hall–Kier alpha value is -2.23. The molecule has 2 aromatic rings. The maximum atomic E-state index is 10.4. The highest BCUT2D eigenvalue weighted by Gasteiger charge is 2.05. The van der Waals surface area contributed by atoms with Gasteiger partial charge < -0.3 is 10.5 Å². The first-order valence-electron chi connectivity index (χ1n) is 5.41. The quantitative estimate of drug-likeness (QED) is 0.809. The first kappa shape index (κ1) is 11.3. The molecule has 86 valence electrons. The molecule has 2 rings (SSSR count). The fraction of sp³-hybridized carbons (Fsp3) is 0.154. The van der Waals surface area contributed by atoms with E-state index >= 15 is 0 Å². The van der Waals surface area contributed by atoms with Gasteiger partial charge in [-0.3, -0.25) is 0 Å². The van der Waals surface area contributed by atoms with Crippen molar-refractivity contribution in [3.8, 4) is 11.4 Å². The van der Waals surface area contributed by atoms with Gasteiger partial charge in [-0.1, -0.05) is 30.3 Å². The van der Waals surface area contributed by atoms with Crippen LogP contribution in [-0.4, -0.2) is 16.3 Å². The zero-order valence-electron chi connectivity index (χ0n) is 9.34. The number of carbonyl (C=O) groups excluding carboxylic acids is 1. The van der Waals surface area contributed by atoms with Gasteiger partial charge in [0.1, 0.15) is 6.29 Å². The molecule has 0 aliphatic carbocycles. The average Bonchev–Trinajstić information content (AvgIpc) is 2.39. The molecular weight excluding hydrogens is 214 g/mol. The Balaban J connectivity index is 2.34. The number of aryl methyl sites for hydroxylation is 1. The lowest BCUT2D eigenvalue weighted by molar-refractivity contribution is -0.107. The monoisotopic (exact) mass is 227 g/mol. The van der Waals surface area contributed by atoms with E-state index in [1.807, 2.05) is 30.3 Å². The van der Waals surface area contributed by atoms with E-state index in [1.165, 1.54) is 0 Å². The van der Waals surface area contributed by atoms with Crippen molar-refractivity contribution in [2.75, 3.05) is 5.73 Å². The lowest BCUT2D eigenvalue weighted by Crippen LogP contribution is -2.02. The van der Waals surface area contributed by atoms with E-state index in [-0.39, 0.29) is 0 Å². The minimum atomic E-state index is 0.426. The Morgan fingerprint density at radius 3 is 2.71 bits per heavy atom. The van der Waals surface area contributed by atoms with Crippen LogP contribution < -0.4 is 5.73 Å². The van der Waals surface area contributed by atoms with Gasteiger partial charge in [-0.05, 0) is 6.42 Å². The number of nitrogens with two attached hydrogens (primary N) is 1. The summed E-state index contributed by atoms with van der Waals surface area (Å²) in [7, 11) is 0. The fourth-order valence-corrected chi connectivity index (χ4v) is 1.55. The third-order valence-electron chi connectivity index (χ3n) is 2.43. The lowest BCUT2D eigenvalue weighted by atomic mass is 10.2. The van der Waals surface area contributed by atoms with Crippen molar-refractivity contribution in [2.24, 2.45) is 0 Å². The molecule has 0 aliphatic heterocycles. The molecule has 0 fully saturated rings. The first-order valence-corrected chi connectivity index (χ1v) is 5.41. The Bertz CT molecular complexity index is 511. The number of hydrogen-bond donors (Lipinski definition) is 1. The summed E-state index contributed by atoms with van der Waals surface area (Å²) in [5, 5.41) is 0. The molecule has 2 N–H and O–H groups in total. The molecular formula is C13H13N3O. The van der Waals surface area contributed by atoms with Crippen LogP contribution >= 0.6 is 0 Å². The van der Waals surface area contributed by atoms with E-state index in [9.17, 15) is 4.79 Å². The van der Waals surface area contributed by atoms with Crippen LogP contribution in [0.5, 0.6) is 0 Å². The molecule has 0 radical (unpaired) electrons. The molecule has 1 aromatic carbocycles. The van der Waals surface area contributed by atoms with Gasteiger partial charge in [0.05, 0.1) is 17.6 Å². The summed E-state index contributed by atoms with van der Waals surface area (Å²) in [6.07, 6.45) is 3.44. The molecule has 0 spiro atoms. The summed E-state index contributed by atoms with van der Waals surface area (Å²) >= 11 is 0. The van der Waals surface area contributed by atoms with Crippen LogP contribution in [-0.2, 0) is 11.2 Å². The first-order chi connectivity index (χ1) is 8.31. The Morgan fingerprint density at radius 2 is 2.00 bits per heavy atom. The number of hydrogen-bond acceptors (Lipinski definition) is 4. The normalized spacial score (nSPS) is 10.1. The average molecular weight is 227 g/mol. The van der Waals surface area contributed by atoms with E-state index in [0.29, 0.717) is 24.4 Å². The van der Waals surface area contributed by atoms with Crippen molar-refractivity contribution in [3.05, 3.63) is 42.2 Å². The number of benzene rings is 1. The van der Waals surface area contributed by atoms with Gasteiger partial charge in [-0.2, -0.15) is 0 Å². The maximum absolute atomic E-state index is 10.4. The number of nitrogen functional groups attached to an aromatic ring is 1. The van der Waals surface area contributed by atoms with Crippen molar-refractivity contribution in [3.63, 3.8) is 0 Å². The summed E-state index contributed by atoms with van der Waals surface area (Å²) in [5.74, 6) is 0.640. The van der Waals surface area contributed by atoms with Crippen molar-refractivity contribution in [1.29, 1.82) is 0 Å². The standard InChI is InChI=1S/C13H13N3O/c14-11-9-15-13(10-5-2-1-3-6-10)16-12(11)7-4-8-17/h1-3,5-6,8-9H,4,7,14H2. The molecule has 0 bridgehead atoms. The molecule has 0 unspecified atom stereocenters. The summed E-state index contributed by atoms with van der Waals surface area (Å²) in [6.45, 7) is 0. The molecule has 4 nitrogen and oxygen atoms in total. The summed E-state index contributed by atoms with van der Waals surface area (Å²) in [4.78, 5) is 18.9. The van der Waals surface area contributed by atoms with Crippen LogP contribution in [0.4, 0.5) is 5.69 Å². The van der Waals surface area contributed by atoms with E-state index in [1.54, 1.807) is 6.20 Å². The predicted molar refractivity (Wildman–Crippen MR) is 66.3 cm³/mol. The van der Waals surface area contributed by atoms with Crippen LogP contribution in [0.1, 0.15) is 12.1 Å². The van der Waals surface area contributed by atoms with Crippen LogP contribution in [0.25, 0.3) is 11.4 Å². The molecule has 0 atom stereocenters. The molecule has 0 saturated carbocycles. The minimum Gasteiger partial charge on any atom is -0.396 e. The van der Waals surface area contributed by atoms with Gasteiger partial charge in [0.25, 0.3) is 0 Å². The van der Waals surface area contributed by atoms with Gasteiger partial charge in [-0.15, -0.1) is 0 Å². The summed E-state index contributed by atoms with van der Waals surface area (Å²) < 4.78 is 0. The van der Waals surface area contributed by atoms with Gasteiger partial charge >= 0.3 is 0 Å². The van der Waals surface area contributed by atoms with Gasteiger partial charge in [0, 0.05) is 12.0 Å². The number of aromatic nitrogens is 2. The second-order valence-corrected chi connectivity index (χ2v) is 3.67. The zero-order chi connectivity index (χ0) is 12.1. The van der Waals surface area contributed by atoms with E-state index in [0.717, 1.165) is 17.5 Å². The fourth-order valence-electron chi connectivity index (χ4n) is 1.55. The molecule has 4 heteroatoms. The van der Waals surface area contributed by atoms with Crippen LogP contribution in [0.2, 0.25) is 0 Å². The highest BCUT2D eigenvalue weighted by molar-refractivity contribution is 5.57. The second kappa shape index (κ2) is 5.21. The second-order valence-electron chi connectivity index (χ2n) is 3.67. The van der Waals surface area contributed by atoms with Crippen molar-refractivity contribution in [1.82, 2.24) is 9.97 Å². The molecule has 0 saturated heterocycles. The largest absolute Gasteiger partial charge is 0.396 e. The van der Waals surface area contributed by atoms with Crippen LogP contribution in [0.3, 0.4) is 0 Å². The third kappa shape index (κ3) is 2.66. The molecule has 0 aliphatic rings. The van der Waals surface area contributed by atoms with Crippen molar-refractivity contribution < 1.29 is 4.79 Å². The van der Waals surface area contributed by atoms with Crippen molar-refractivity contribution >= 4 is 12.0 Å². The number of aldehydes is 1. The number of rotatable bonds is 4. The minimum absolute atomic E-state index is 0.426. The third-order valence-corrected chi connectivity index (χ3v) is 2.43. The van der Waals surface area contributed by atoms with E-state index in [4.69, 9.17) is 5.73 Å². The van der Waals surface area contributed by atoms with Gasteiger partial charge in [0.2, 0.25) is 0 Å². The topological polar surface area (TPSA) is 68.9 Å². The van der Waals surface area contributed by atoms with E-state index in [2.05, 4.69) is 9.97 Å². The smallest absolute Gasteiger partial charge is 0.159 e. The Labute approximate surface area is 99.5 Å².